The fraction of sp³-hybridized carbons (Fsp3) is 0.400. The van der Waals surface area contributed by atoms with Gasteiger partial charge in [0.05, 0.1) is 0 Å². The molecule has 0 amide bonds. The van der Waals surface area contributed by atoms with Crippen molar-refractivity contribution in [3.8, 4) is 11.5 Å². The lowest BCUT2D eigenvalue weighted by atomic mass is 10.0. The monoisotopic (exact) mass is 255 g/mol. The maximum absolute atomic E-state index is 6.18. The number of hydrogen-bond acceptors (Lipinski definition) is 3. The van der Waals surface area contributed by atoms with Gasteiger partial charge in [0.1, 0.15) is 0 Å². The topological polar surface area (TPSA) is 44.5 Å². The van der Waals surface area contributed by atoms with Gasteiger partial charge in [-0.3, -0.25) is 0 Å². The van der Waals surface area contributed by atoms with Gasteiger partial charge in [0.25, 0.3) is 0 Å². The molecule has 0 aromatic heterocycles. The van der Waals surface area contributed by atoms with Crippen LogP contribution in [0, 0.1) is 0 Å². The molecule has 1 heterocycles. The molecular weight excluding hydrogens is 246 g/mol. The van der Waals surface area contributed by atoms with Crippen LogP contribution in [0.15, 0.2) is 16.6 Å². The van der Waals surface area contributed by atoms with E-state index in [9.17, 15) is 0 Å². The number of nitrogens with two attached hydrogens (primary N) is 1. The molecule has 1 aromatic rings. The first-order valence-corrected chi connectivity index (χ1v) is 5.37. The van der Waals surface area contributed by atoms with Crippen molar-refractivity contribution in [2.75, 3.05) is 6.79 Å². The zero-order valence-corrected chi connectivity index (χ0v) is 9.13. The SMILES string of the molecule is NC1(c2c(Br)ccc3c2OCO3)CC1. The zero-order chi connectivity index (χ0) is 9.76. The summed E-state index contributed by atoms with van der Waals surface area (Å²) in [5.74, 6) is 1.62. The molecule has 0 saturated heterocycles. The highest BCUT2D eigenvalue weighted by Gasteiger charge is 2.45. The van der Waals surface area contributed by atoms with Gasteiger partial charge in [-0.1, -0.05) is 15.9 Å². The minimum absolute atomic E-state index is 0.197. The average Bonchev–Trinajstić information content (AvgIpc) is 2.74. The van der Waals surface area contributed by atoms with Crippen molar-refractivity contribution in [3.63, 3.8) is 0 Å². The number of fused-ring (bicyclic) bond motifs is 1. The van der Waals surface area contributed by atoms with Crippen molar-refractivity contribution in [2.45, 2.75) is 18.4 Å². The smallest absolute Gasteiger partial charge is 0.231 e. The van der Waals surface area contributed by atoms with Crippen molar-refractivity contribution < 1.29 is 9.47 Å². The maximum Gasteiger partial charge on any atom is 0.231 e. The summed E-state index contributed by atoms with van der Waals surface area (Å²) in [4.78, 5) is 0. The fourth-order valence-electron chi connectivity index (χ4n) is 1.80. The summed E-state index contributed by atoms with van der Waals surface area (Å²) < 4.78 is 11.8. The van der Waals surface area contributed by atoms with Crippen LogP contribution < -0.4 is 15.2 Å². The van der Waals surface area contributed by atoms with E-state index >= 15 is 0 Å². The predicted molar refractivity (Wildman–Crippen MR) is 55.4 cm³/mol. The minimum atomic E-state index is -0.197. The van der Waals surface area contributed by atoms with Crippen molar-refractivity contribution >= 4 is 15.9 Å². The summed E-state index contributed by atoms with van der Waals surface area (Å²) in [6, 6.07) is 3.87. The molecule has 3 nitrogen and oxygen atoms in total. The molecule has 14 heavy (non-hydrogen) atoms. The second-order valence-electron chi connectivity index (χ2n) is 3.81. The largest absolute Gasteiger partial charge is 0.454 e. The lowest BCUT2D eigenvalue weighted by Gasteiger charge is -2.14. The van der Waals surface area contributed by atoms with Crippen LogP contribution in [0.4, 0.5) is 0 Å². The molecular formula is C10H10BrNO2. The van der Waals surface area contributed by atoms with Gasteiger partial charge in [0.2, 0.25) is 6.79 Å². The molecule has 1 aromatic carbocycles. The lowest BCUT2D eigenvalue weighted by Crippen LogP contribution is -2.20. The van der Waals surface area contributed by atoms with E-state index in [1.807, 2.05) is 12.1 Å². The molecule has 0 unspecified atom stereocenters. The molecule has 0 bridgehead atoms. The molecule has 1 saturated carbocycles. The second kappa shape index (κ2) is 2.64. The van der Waals surface area contributed by atoms with E-state index in [2.05, 4.69) is 15.9 Å². The van der Waals surface area contributed by atoms with Gasteiger partial charge in [0, 0.05) is 15.6 Å². The number of benzene rings is 1. The van der Waals surface area contributed by atoms with Crippen molar-refractivity contribution in [3.05, 3.63) is 22.2 Å². The minimum Gasteiger partial charge on any atom is -0.454 e. The third-order valence-electron chi connectivity index (χ3n) is 2.77. The van der Waals surface area contributed by atoms with Crippen LogP contribution in [0.5, 0.6) is 11.5 Å². The van der Waals surface area contributed by atoms with Crippen molar-refractivity contribution in [2.24, 2.45) is 5.73 Å². The maximum atomic E-state index is 6.18. The molecule has 4 heteroatoms. The van der Waals surface area contributed by atoms with Crippen LogP contribution in [0.25, 0.3) is 0 Å². The molecule has 74 valence electrons. The summed E-state index contributed by atoms with van der Waals surface area (Å²) in [5, 5.41) is 0. The van der Waals surface area contributed by atoms with Crippen LogP contribution in [-0.4, -0.2) is 6.79 Å². The van der Waals surface area contributed by atoms with Crippen LogP contribution in [-0.2, 0) is 5.54 Å². The molecule has 0 spiro atoms. The molecule has 1 fully saturated rings. The first-order valence-electron chi connectivity index (χ1n) is 4.58. The Kier molecular flexibility index (Phi) is 1.61. The van der Waals surface area contributed by atoms with Gasteiger partial charge in [-0.15, -0.1) is 0 Å². The van der Waals surface area contributed by atoms with E-state index in [0.29, 0.717) is 6.79 Å². The summed E-state index contributed by atoms with van der Waals surface area (Å²) in [5.41, 5.74) is 7.04. The van der Waals surface area contributed by atoms with E-state index in [0.717, 1.165) is 34.4 Å². The van der Waals surface area contributed by atoms with E-state index in [1.165, 1.54) is 0 Å². The molecule has 0 radical (unpaired) electrons. The van der Waals surface area contributed by atoms with Crippen LogP contribution >= 0.6 is 15.9 Å². The van der Waals surface area contributed by atoms with Gasteiger partial charge in [-0.2, -0.15) is 0 Å². The summed E-state index contributed by atoms with van der Waals surface area (Å²) >= 11 is 3.51. The summed E-state index contributed by atoms with van der Waals surface area (Å²) in [7, 11) is 0. The van der Waals surface area contributed by atoms with E-state index in [4.69, 9.17) is 15.2 Å². The van der Waals surface area contributed by atoms with Gasteiger partial charge in [0.15, 0.2) is 11.5 Å². The van der Waals surface area contributed by atoms with Crippen LogP contribution in [0.3, 0.4) is 0 Å². The van der Waals surface area contributed by atoms with E-state index < -0.39 is 0 Å². The standard InChI is InChI=1S/C10H10BrNO2/c11-6-1-2-7-9(14-5-13-7)8(6)10(12)3-4-10/h1-2H,3-5,12H2. The Morgan fingerprint density at radius 2 is 2.07 bits per heavy atom. The summed E-state index contributed by atoms with van der Waals surface area (Å²) in [6.07, 6.45) is 2.04. The van der Waals surface area contributed by atoms with Gasteiger partial charge in [-0.25, -0.2) is 0 Å². The Bertz CT molecular complexity index is 401. The Morgan fingerprint density at radius 3 is 2.79 bits per heavy atom. The molecule has 3 rings (SSSR count). The Balaban J connectivity index is 2.21. The molecule has 2 aliphatic rings. The second-order valence-corrected chi connectivity index (χ2v) is 4.67. The highest BCUT2D eigenvalue weighted by atomic mass is 79.9. The third kappa shape index (κ3) is 1.07. The van der Waals surface area contributed by atoms with Gasteiger partial charge < -0.3 is 15.2 Å². The van der Waals surface area contributed by atoms with Gasteiger partial charge in [-0.05, 0) is 25.0 Å². The van der Waals surface area contributed by atoms with E-state index in [1.54, 1.807) is 0 Å². The number of rotatable bonds is 1. The van der Waals surface area contributed by atoms with Crippen LogP contribution in [0.1, 0.15) is 18.4 Å². The fourth-order valence-corrected chi connectivity index (χ4v) is 2.50. The molecule has 1 aliphatic carbocycles. The predicted octanol–water partition coefficient (Wildman–Crippen LogP) is 2.13. The zero-order valence-electron chi connectivity index (χ0n) is 7.55. The highest BCUT2D eigenvalue weighted by Crippen LogP contribution is 2.53. The third-order valence-corrected chi connectivity index (χ3v) is 3.44. The Hall–Kier alpha value is -0.740. The Labute approximate surface area is 90.3 Å². The normalized spacial score (nSPS) is 21.0. The summed E-state index contributed by atoms with van der Waals surface area (Å²) in [6.45, 7) is 0.300. The number of ether oxygens (including phenoxy) is 2. The van der Waals surface area contributed by atoms with Crippen molar-refractivity contribution in [1.29, 1.82) is 0 Å². The first kappa shape index (κ1) is 8.56. The van der Waals surface area contributed by atoms with Gasteiger partial charge >= 0.3 is 0 Å². The van der Waals surface area contributed by atoms with E-state index in [-0.39, 0.29) is 5.54 Å². The average molecular weight is 256 g/mol. The van der Waals surface area contributed by atoms with Crippen molar-refractivity contribution in [1.82, 2.24) is 0 Å². The number of hydrogen-bond donors (Lipinski definition) is 1. The molecule has 2 N–H and O–H groups in total. The Morgan fingerprint density at radius 1 is 1.29 bits per heavy atom. The molecule has 1 aliphatic heterocycles. The highest BCUT2D eigenvalue weighted by molar-refractivity contribution is 9.10. The van der Waals surface area contributed by atoms with Crippen LogP contribution in [0.2, 0.25) is 0 Å². The first-order chi connectivity index (χ1) is 6.71. The lowest BCUT2D eigenvalue weighted by molar-refractivity contribution is 0.173. The quantitative estimate of drug-likeness (QED) is 0.837. The number of halogens is 1. The molecule has 0 atom stereocenters.